The van der Waals surface area contributed by atoms with E-state index in [4.69, 9.17) is 17.3 Å². The molecule has 72 valence electrons. The van der Waals surface area contributed by atoms with Gasteiger partial charge in [0.15, 0.2) is 0 Å². The molecular formula is C11H11ClN2. The van der Waals surface area contributed by atoms with Gasteiger partial charge in [0.1, 0.15) is 5.15 Å². The third-order valence-corrected chi connectivity index (χ3v) is 2.66. The summed E-state index contributed by atoms with van der Waals surface area (Å²) in [5.74, 6) is 0. The molecule has 0 fully saturated rings. The summed E-state index contributed by atoms with van der Waals surface area (Å²) >= 11 is 6.01. The van der Waals surface area contributed by atoms with E-state index in [-0.39, 0.29) is 0 Å². The lowest BCUT2D eigenvalue weighted by molar-refractivity contribution is 1.08. The monoisotopic (exact) mass is 206 g/mol. The Morgan fingerprint density at radius 2 is 2.21 bits per heavy atom. The van der Waals surface area contributed by atoms with Crippen LogP contribution in [0.25, 0.3) is 10.8 Å². The second kappa shape index (κ2) is 3.56. The Labute approximate surface area is 87.7 Å². The SMILES string of the molecule is Cc1cnc(Cl)c2cccc(CN)c12. The van der Waals surface area contributed by atoms with Crippen LogP contribution in [-0.4, -0.2) is 4.98 Å². The van der Waals surface area contributed by atoms with Crippen LogP contribution in [0.4, 0.5) is 0 Å². The van der Waals surface area contributed by atoms with Crippen LogP contribution >= 0.6 is 11.6 Å². The van der Waals surface area contributed by atoms with Gasteiger partial charge in [0.25, 0.3) is 0 Å². The van der Waals surface area contributed by atoms with E-state index in [1.165, 1.54) is 0 Å². The number of aromatic nitrogens is 1. The van der Waals surface area contributed by atoms with Crippen LogP contribution in [-0.2, 0) is 6.54 Å². The van der Waals surface area contributed by atoms with Gasteiger partial charge < -0.3 is 5.73 Å². The fourth-order valence-electron chi connectivity index (χ4n) is 1.70. The summed E-state index contributed by atoms with van der Waals surface area (Å²) in [6.07, 6.45) is 1.78. The first kappa shape index (κ1) is 9.44. The minimum atomic E-state index is 0.526. The summed E-state index contributed by atoms with van der Waals surface area (Å²) in [6, 6.07) is 5.94. The largest absolute Gasteiger partial charge is 0.326 e. The Balaban J connectivity index is 2.92. The molecule has 3 heteroatoms. The normalized spacial score (nSPS) is 10.8. The first-order chi connectivity index (χ1) is 6.74. The molecule has 1 heterocycles. The number of halogens is 1. The first-order valence-corrected chi connectivity index (χ1v) is 4.84. The lowest BCUT2D eigenvalue weighted by atomic mass is 10.0. The van der Waals surface area contributed by atoms with Gasteiger partial charge in [0.05, 0.1) is 0 Å². The van der Waals surface area contributed by atoms with E-state index >= 15 is 0 Å². The molecule has 0 aliphatic heterocycles. The molecule has 0 saturated carbocycles. The smallest absolute Gasteiger partial charge is 0.136 e. The Morgan fingerprint density at radius 1 is 1.43 bits per heavy atom. The van der Waals surface area contributed by atoms with Gasteiger partial charge in [0, 0.05) is 18.1 Å². The maximum atomic E-state index is 6.01. The van der Waals surface area contributed by atoms with E-state index in [1.807, 2.05) is 25.1 Å². The Kier molecular flexibility index (Phi) is 2.40. The van der Waals surface area contributed by atoms with Crippen molar-refractivity contribution >= 4 is 22.4 Å². The zero-order chi connectivity index (χ0) is 10.1. The topological polar surface area (TPSA) is 38.9 Å². The predicted molar refractivity (Wildman–Crippen MR) is 59.4 cm³/mol. The molecule has 0 aliphatic rings. The van der Waals surface area contributed by atoms with Gasteiger partial charge in [-0.15, -0.1) is 0 Å². The maximum absolute atomic E-state index is 6.01. The highest BCUT2D eigenvalue weighted by atomic mass is 35.5. The minimum absolute atomic E-state index is 0.526. The molecule has 0 amide bonds. The van der Waals surface area contributed by atoms with Crippen molar-refractivity contribution in [3.8, 4) is 0 Å². The van der Waals surface area contributed by atoms with Crippen molar-refractivity contribution in [2.75, 3.05) is 0 Å². The van der Waals surface area contributed by atoms with E-state index in [0.717, 1.165) is 21.9 Å². The lowest BCUT2D eigenvalue weighted by Crippen LogP contribution is -1.98. The Morgan fingerprint density at radius 3 is 2.93 bits per heavy atom. The van der Waals surface area contributed by atoms with Gasteiger partial charge in [-0.2, -0.15) is 0 Å². The van der Waals surface area contributed by atoms with Crippen molar-refractivity contribution in [2.45, 2.75) is 13.5 Å². The molecule has 2 aromatic rings. The third kappa shape index (κ3) is 1.37. The number of nitrogens with zero attached hydrogens (tertiary/aromatic N) is 1. The summed E-state index contributed by atoms with van der Waals surface area (Å²) in [7, 11) is 0. The van der Waals surface area contributed by atoms with Crippen LogP contribution in [0.5, 0.6) is 0 Å². The standard InChI is InChI=1S/C11H11ClN2/c1-7-6-14-11(12)9-4-2-3-8(5-13)10(7)9/h2-4,6H,5,13H2,1H3. The molecule has 0 unspecified atom stereocenters. The molecule has 1 aromatic heterocycles. The summed E-state index contributed by atoms with van der Waals surface area (Å²) in [5.41, 5.74) is 7.90. The fourth-order valence-corrected chi connectivity index (χ4v) is 1.90. The molecule has 0 radical (unpaired) electrons. The molecule has 2 N–H and O–H groups in total. The van der Waals surface area contributed by atoms with Crippen molar-refractivity contribution in [3.63, 3.8) is 0 Å². The third-order valence-electron chi connectivity index (χ3n) is 2.36. The average molecular weight is 207 g/mol. The summed E-state index contributed by atoms with van der Waals surface area (Å²) < 4.78 is 0. The first-order valence-electron chi connectivity index (χ1n) is 4.47. The molecule has 0 spiro atoms. The van der Waals surface area contributed by atoms with Crippen molar-refractivity contribution in [2.24, 2.45) is 5.73 Å². The van der Waals surface area contributed by atoms with Crippen molar-refractivity contribution in [1.82, 2.24) is 4.98 Å². The highest BCUT2D eigenvalue weighted by Crippen LogP contribution is 2.26. The quantitative estimate of drug-likeness (QED) is 0.729. The number of rotatable bonds is 1. The minimum Gasteiger partial charge on any atom is -0.326 e. The zero-order valence-electron chi connectivity index (χ0n) is 7.92. The molecule has 0 aliphatic carbocycles. The molecule has 14 heavy (non-hydrogen) atoms. The molecule has 0 bridgehead atoms. The molecular weight excluding hydrogens is 196 g/mol. The van der Waals surface area contributed by atoms with Crippen molar-refractivity contribution < 1.29 is 0 Å². The number of benzene rings is 1. The number of hydrogen-bond acceptors (Lipinski definition) is 2. The molecule has 0 saturated heterocycles. The summed E-state index contributed by atoms with van der Waals surface area (Å²) in [6.45, 7) is 2.54. The van der Waals surface area contributed by atoms with E-state index in [1.54, 1.807) is 6.20 Å². The lowest BCUT2D eigenvalue weighted by Gasteiger charge is -2.07. The van der Waals surface area contributed by atoms with E-state index in [0.29, 0.717) is 11.7 Å². The maximum Gasteiger partial charge on any atom is 0.136 e. The predicted octanol–water partition coefficient (Wildman–Crippen LogP) is 2.66. The molecule has 2 nitrogen and oxygen atoms in total. The molecule has 0 atom stereocenters. The Hall–Kier alpha value is -1.12. The van der Waals surface area contributed by atoms with E-state index < -0.39 is 0 Å². The van der Waals surface area contributed by atoms with Crippen molar-refractivity contribution in [1.29, 1.82) is 0 Å². The van der Waals surface area contributed by atoms with Gasteiger partial charge >= 0.3 is 0 Å². The van der Waals surface area contributed by atoms with Crippen LogP contribution < -0.4 is 5.73 Å². The van der Waals surface area contributed by atoms with Crippen LogP contribution in [0.15, 0.2) is 24.4 Å². The zero-order valence-corrected chi connectivity index (χ0v) is 8.67. The molecule has 1 aromatic carbocycles. The number of nitrogens with two attached hydrogens (primary N) is 1. The van der Waals surface area contributed by atoms with Crippen LogP contribution in [0.1, 0.15) is 11.1 Å². The van der Waals surface area contributed by atoms with Gasteiger partial charge in [-0.3, -0.25) is 0 Å². The summed E-state index contributed by atoms with van der Waals surface area (Å²) in [4.78, 5) is 4.11. The highest BCUT2D eigenvalue weighted by Gasteiger charge is 2.06. The number of aryl methyl sites for hydroxylation is 1. The highest BCUT2D eigenvalue weighted by molar-refractivity contribution is 6.34. The second-order valence-corrected chi connectivity index (χ2v) is 3.63. The van der Waals surface area contributed by atoms with Crippen LogP contribution in [0, 0.1) is 6.92 Å². The molecule has 2 rings (SSSR count). The van der Waals surface area contributed by atoms with Gasteiger partial charge in [-0.1, -0.05) is 29.8 Å². The van der Waals surface area contributed by atoms with Gasteiger partial charge in [0.2, 0.25) is 0 Å². The number of fused-ring (bicyclic) bond motifs is 1. The summed E-state index contributed by atoms with van der Waals surface area (Å²) in [5, 5.41) is 2.66. The van der Waals surface area contributed by atoms with Gasteiger partial charge in [-0.25, -0.2) is 4.98 Å². The van der Waals surface area contributed by atoms with Crippen LogP contribution in [0.2, 0.25) is 5.15 Å². The number of pyridine rings is 1. The van der Waals surface area contributed by atoms with Crippen molar-refractivity contribution in [3.05, 3.63) is 40.7 Å². The fraction of sp³-hybridized carbons (Fsp3) is 0.182. The Bertz CT molecular complexity index is 480. The van der Waals surface area contributed by atoms with Gasteiger partial charge in [-0.05, 0) is 23.4 Å². The van der Waals surface area contributed by atoms with E-state index in [9.17, 15) is 0 Å². The average Bonchev–Trinajstić information content (AvgIpc) is 2.23. The number of hydrogen-bond donors (Lipinski definition) is 1. The van der Waals surface area contributed by atoms with E-state index in [2.05, 4.69) is 4.98 Å². The second-order valence-electron chi connectivity index (χ2n) is 3.28. The van der Waals surface area contributed by atoms with Crippen LogP contribution in [0.3, 0.4) is 0 Å².